The van der Waals surface area contributed by atoms with Crippen LogP contribution in [0.15, 0.2) is 48.5 Å². The number of rotatable bonds is 8. The molecule has 2 N–H and O–H groups in total. The number of amides is 2. The molecule has 7 heteroatoms. The highest BCUT2D eigenvalue weighted by Gasteiger charge is 2.14. The van der Waals surface area contributed by atoms with Crippen molar-refractivity contribution in [2.45, 2.75) is 6.92 Å². The number of anilines is 2. The first-order valence-corrected chi connectivity index (χ1v) is 8.22. The second-order valence-electron chi connectivity index (χ2n) is 5.61. The summed E-state index contributed by atoms with van der Waals surface area (Å²) in [6.45, 7) is 2.36. The van der Waals surface area contributed by atoms with Gasteiger partial charge in [0.1, 0.15) is 11.6 Å². The molecule has 0 bridgehead atoms. The minimum absolute atomic E-state index is 0.0175. The molecular formula is C19H22FN3O3. The maximum Gasteiger partial charge on any atom is 0.238 e. The number of carbonyl (C=O) groups excluding carboxylic acids is 2. The van der Waals surface area contributed by atoms with Crippen LogP contribution >= 0.6 is 0 Å². The molecule has 0 atom stereocenters. The van der Waals surface area contributed by atoms with E-state index in [0.717, 1.165) is 0 Å². The minimum atomic E-state index is -0.500. The summed E-state index contributed by atoms with van der Waals surface area (Å²) in [5.41, 5.74) is 0.732. The highest BCUT2D eigenvalue weighted by Crippen LogP contribution is 2.16. The van der Waals surface area contributed by atoms with Crippen LogP contribution in [0.3, 0.4) is 0 Å². The second-order valence-corrected chi connectivity index (χ2v) is 5.61. The number of methoxy groups -OCH3 is 1. The van der Waals surface area contributed by atoms with Gasteiger partial charge in [0.2, 0.25) is 11.8 Å². The molecule has 0 saturated heterocycles. The number of nitrogens with zero attached hydrogens (tertiary/aromatic N) is 1. The number of halogens is 1. The van der Waals surface area contributed by atoms with E-state index in [9.17, 15) is 14.0 Å². The van der Waals surface area contributed by atoms with Crippen molar-refractivity contribution in [2.24, 2.45) is 0 Å². The standard InChI is InChI=1S/C19H22FN3O3/c1-3-23(13-19(25)22-17-10-5-4-9-16(17)20)12-18(24)21-14-7-6-8-15(11-14)26-2/h4-11H,3,12-13H2,1-2H3,(H,21,24)(H,22,25). The molecule has 2 rings (SSSR count). The van der Waals surface area contributed by atoms with Gasteiger partial charge >= 0.3 is 0 Å². The third kappa shape index (κ3) is 5.86. The fraction of sp³-hybridized carbons (Fsp3) is 0.263. The number of hydrogen-bond acceptors (Lipinski definition) is 4. The molecule has 138 valence electrons. The second kappa shape index (κ2) is 9.53. The Morgan fingerprint density at radius 1 is 1.04 bits per heavy atom. The normalized spacial score (nSPS) is 10.5. The third-order valence-electron chi connectivity index (χ3n) is 3.68. The van der Waals surface area contributed by atoms with Crippen LogP contribution in [0.2, 0.25) is 0 Å². The lowest BCUT2D eigenvalue weighted by Crippen LogP contribution is -2.38. The zero-order valence-electron chi connectivity index (χ0n) is 14.8. The van der Waals surface area contributed by atoms with Gasteiger partial charge in [0.15, 0.2) is 0 Å². The Bertz CT molecular complexity index is 767. The van der Waals surface area contributed by atoms with Gasteiger partial charge < -0.3 is 15.4 Å². The number of nitrogens with one attached hydrogen (secondary N) is 2. The van der Waals surface area contributed by atoms with Crippen LogP contribution in [-0.2, 0) is 9.59 Å². The first kappa shape index (κ1) is 19.4. The highest BCUT2D eigenvalue weighted by atomic mass is 19.1. The van der Waals surface area contributed by atoms with Crippen molar-refractivity contribution < 1.29 is 18.7 Å². The average Bonchev–Trinajstić information content (AvgIpc) is 2.63. The van der Waals surface area contributed by atoms with Gasteiger partial charge in [-0.3, -0.25) is 14.5 Å². The van der Waals surface area contributed by atoms with Crippen molar-refractivity contribution in [2.75, 3.05) is 37.4 Å². The van der Waals surface area contributed by atoms with Gasteiger partial charge in [-0.15, -0.1) is 0 Å². The SMILES string of the molecule is CCN(CC(=O)Nc1cccc(OC)c1)CC(=O)Nc1ccccc1F. The zero-order valence-corrected chi connectivity index (χ0v) is 14.8. The summed E-state index contributed by atoms with van der Waals surface area (Å²) in [6, 6.07) is 13.0. The van der Waals surface area contributed by atoms with E-state index in [-0.39, 0.29) is 30.6 Å². The molecule has 0 aromatic heterocycles. The van der Waals surface area contributed by atoms with Gasteiger partial charge in [0.25, 0.3) is 0 Å². The molecule has 2 amide bonds. The van der Waals surface area contributed by atoms with Crippen molar-refractivity contribution in [3.05, 3.63) is 54.3 Å². The quantitative estimate of drug-likeness (QED) is 0.760. The van der Waals surface area contributed by atoms with E-state index >= 15 is 0 Å². The molecule has 0 fully saturated rings. The molecule has 0 radical (unpaired) electrons. The number of hydrogen-bond donors (Lipinski definition) is 2. The molecule has 0 aliphatic rings. The average molecular weight is 359 g/mol. The van der Waals surface area contributed by atoms with Crippen LogP contribution in [0.5, 0.6) is 5.75 Å². The van der Waals surface area contributed by atoms with E-state index < -0.39 is 5.82 Å². The van der Waals surface area contributed by atoms with Gasteiger partial charge in [0.05, 0.1) is 25.9 Å². The lowest BCUT2D eigenvalue weighted by molar-refractivity contribution is -0.119. The first-order chi connectivity index (χ1) is 12.5. The maximum absolute atomic E-state index is 13.6. The number of benzene rings is 2. The molecule has 0 spiro atoms. The molecule has 0 unspecified atom stereocenters. The van der Waals surface area contributed by atoms with E-state index in [0.29, 0.717) is 18.0 Å². The van der Waals surface area contributed by atoms with Crippen molar-refractivity contribution in [1.29, 1.82) is 0 Å². The number of likely N-dealkylation sites (N-methyl/N-ethyl adjacent to an activating group) is 1. The van der Waals surface area contributed by atoms with Gasteiger partial charge in [-0.1, -0.05) is 25.1 Å². The topological polar surface area (TPSA) is 70.7 Å². The van der Waals surface area contributed by atoms with E-state index in [4.69, 9.17) is 4.74 Å². The van der Waals surface area contributed by atoms with Crippen LogP contribution in [0.1, 0.15) is 6.92 Å². The molecule has 6 nitrogen and oxygen atoms in total. The van der Waals surface area contributed by atoms with Gasteiger partial charge in [-0.05, 0) is 30.8 Å². The molecule has 2 aromatic rings. The van der Waals surface area contributed by atoms with Crippen LogP contribution in [0.4, 0.5) is 15.8 Å². The number of ether oxygens (including phenoxy) is 1. The predicted octanol–water partition coefficient (Wildman–Crippen LogP) is 2.73. The fourth-order valence-electron chi connectivity index (χ4n) is 2.34. The molecule has 0 saturated carbocycles. The van der Waals surface area contributed by atoms with Crippen LogP contribution in [-0.4, -0.2) is 43.5 Å². The van der Waals surface area contributed by atoms with Crippen molar-refractivity contribution in [3.8, 4) is 5.75 Å². The summed E-state index contributed by atoms with van der Waals surface area (Å²) in [4.78, 5) is 25.9. The van der Waals surface area contributed by atoms with Gasteiger partial charge in [-0.25, -0.2) is 4.39 Å². The van der Waals surface area contributed by atoms with Crippen LogP contribution in [0.25, 0.3) is 0 Å². The Balaban J connectivity index is 1.88. The summed E-state index contributed by atoms with van der Waals surface area (Å²) in [6.07, 6.45) is 0. The van der Waals surface area contributed by atoms with Crippen molar-refractivity contribution in [1.82, 2.24) is 4.90 Å². The van der Waals surface area contributed by atoms with E-state index in [1.54, 1.807) is 48.4 Å². The Morgan fingerprint density at radius 3 is 2.38 bits per heavy atom. The largest absolute Gasteiger partial charge is 0.497 e. The summed E-state index contributed by atoms with van der Waals surface area (Å²) < 4.78 is 18.7. The molecule has 2 aromatic carbocycles. The van der Waals surface area contributed by atoms with Crippen LogP contribution in [0, 0.1) is 5.82 Å². The fourth-order valence-corrected chi connectivity index (χ4v) is 2.34. The molecule has 0 heterocycles. The smallest absolute Gasteiger partial charge is 0.238 e. The first-order valence-electron chi connectivity index (χ1n) is 8.22. The van der Waals surface area contributed by atoms with Crippen molar-refractivity contribution >= 4 is 23.2 Å². The van der Waals surface area contributed by atoms with Crippen LogP contribution < -0.4 is 15.4 Å². The minimum Gasteiger partial charge on any atom is -0.497 e. The summed E-state index contributed by atoms with van der Waals surface area (Å²) in [7, 11) is 1.55. The molecule has 0 aliphatic heterocycles. The lowest BCUT2D eigenvalue weighted by Gasteiger charge is -2.19. The molecule has 0 aliphatic carbocycles. The number of carbonyl (C=O) groups is 2. The Labute approximate surface area is 152 Å². The van der Waals surface area contributed by atoms with E-state index in [1.165, 1.54) is 12.1 Å². The summed E-state index contributed by atoms with van der Waals surface area (Å²) in [5, 5.41) is 5.27. The Kier molecular flexibility index (Phi) is 7.11. The summed E-state index contributed by atoms with van der Waals surface area (Å²) in [5.74, 6) is -0.496. The van der Waals surface area contributed by atoms with E-state index in [1.807, 2.05) is 6.92 Å². The number of para-hydroxylation sites is 1. The van der Waals surface area contributed by atoms with Gasteiger partial charge in [-0.2, -0.15) is 0 Å². The monoisotopic (exact) mass is 359 g/mol. The maximum atomic E-state index is 13.6. The molecule has 26 heavy (non-hydrogen) atoms. The lowest BCUT2D eigenvalue weighted by atomic mass is 10.3. The third-order valence-corrected chi connectivity index (χ3v) is 3.68. The van der Waals surface area contributed by atoms with Gasteiger partial charge in [0, 0.05) is 11.8 Å². The Hall–Kier alpha value is -2.93. The van der Waals surface area contributed by atoms with E-state index in [2.05, 4.69) is 10.6 Å². The highest BCUT2D eigenvalue weighted by molar-refractivity contribution is 5.94. The predicted molar refractivity (Wildman–Crippen MR) is 98.8 cm³/mol. The van der Waals surface area contributed by atoms with Crippen molar-refractivity contribution in [3.63, 3.8) is 0 Å². The Morgan fingerprint density at radius 2 is 1.73 bits per heavy atom. The molecular weight excluding hydrogens is 337 g/mol. The zero-order chi connectivity index (χ0) is 18.9. The summed E-state index contributed by atoms with van der Waals surface area (Å²) >= 11 is 0.